The number of aromatic amines is 1. The number of esters is 1. The molecule has 0 saturated heterocycles. The van der Waals surface area contributed by atoms with Gasteiger partial charge in [-0.3, -0.25) is 4.79 Å². The number of hydrogen-bond donors (Lipinski definition) is 1. The summed E-state index contributed by atoms with van der Waals surface area (Å²) in [6.07, 6.45) is -2.21. The number of carbonyl (C=O) groups is 1. The van der Waals surface area contributed by atoms with Gasteiger partial charge in [-0.1, -0.05) is 11.6 Å². The van der Waals surface area contributed by atoms with Crippen LogP contribution in [0.25, 0.3) is 0 Å². The van der Waals surface area contributed by atoms with Gasteiger partial charge in [0.15, 0.2) is 0 Å². The molecule has 0 aromatic carbocycles. The van der Waals surface area contributed by atoms with Crippen LogP contribution in [0.4, 0.5) is 8.78 Å². The van der Waals surface area contributed by atoms with E-state index in [9.17, 15) is 18.4 Å². The van der Waals surface area contributed by atoms with E-state index in [1.807, 2.05) is 0 Å². The van der Waals surface area contributed by atoms with Crippen LogP contribution in [0.3, 0.4) is 0 Å². The summed E-state index contributed by atoms with van der Waals surface area (Å²) in [4.78, 5) is 24.4. The van der Waals surface area contributed by atoms with Crippen LogP contribution in [0.1, 0.15) is 22.5 Å². The Bertz CT molecular complexity index is 444. The van der Waals surface area contributed by atoms with E-state index >= 15 is 0 Å². The highest BCUT2D eigenvalue weighted by atomic mass is 35.5. The average Bonchev–Trinajstić information content (AvgIpc) is 2.20. The fourth-order valence-corrected chi connectivity index (χ4v) is 1.17. The lowest BCUT2D eigenvalue weighted by atomic mass is 10.2. The fourth-order valence-electron chi connectivity index (χ4n) is 0.932. The zero-order chi connectivity index (χ0) is 11.6. The molecule has 82 valence electrons. The van der Waals surface area contributed by atoms with Crippen molar-refractivity contribution >= 4 is 17.6 Å². The molecular weight excluding hydrogens is 232 g/mol. The van der Waals surface area contributed by atoms with E-state index < -0.39 is 28.4 Å². The van der Waals surface area contributed by atoms with Gasteiger partial charge < -0.3 is 9.72 Å². The summed E-state index contributed by atoms with van der Waals surface area (Å²) in [5.41, 5.74) is -2.20. The minimum atomic E-state index is -2.95. The molecule has 0 aliphatic heterocycles. The molecule has 0 spiro atoms. The molecular formula is C8H6ClF2NO3. The van der Waals surface area contributed by atoms with E-state index in [1.165, 1.54) is 0 Å². The van der Waals surface area contributed by atoms with Gasteiger partial charge >= 0.3 is 5.97 Å². The predicted octanol–water partition coefficient (Wildman–Crippen LogP) is 1.75. The maximum atomic E-state index is 12.2. The van der Waals surface area contributed by atoms with Gasteiger partial charge in [0.05, 0.1) is 12.7 Å². The molecule has 0 saturated carbocycles. The predicted molar refractivity (Wildman–Crippen MR) is 48.4 cm³/mol. The largest absolute Gasteiger partial charge is 0.464 e. The first kappa shape index (κ1) is 11.6. The summed E-state index contributed by atoms with van der Waals surface area (Å²) in [7, 11) is 1.08. The van der Waals surface area contributed by atoms with E-state index in [1.54, 1.807) is 0 Å². The van der Waals surface area contributed by atoms with Crippen molar-refractivity contribution in [3.63, 3.8) is 0 Å². The molecule has 0 unspecified atom stereocenters. The monoisotopic (exact) mass is 237 g/mol. The van der Waals surface area contributed by atoms with Crippen molar-refractivity contribution in [2.24, 2.45) is 0 Å². The highest BCUT2D eigenvalue weighted by Gasteiger charge is 2.20. The summed E-state index contributed by atoms with van der Waals surface area (Å²) in [5.74, 6) is -0.891. The first-order valence-electron chi connectivity index (χ1n) is 3.76. The summed E-state index contributed by atoms with van der Waals surface area (Å²) in [6.45, 7) is 0. The van der Waals surface area contributed by atoms with Crippen molar-refractivity contribution in [1.82, 2.24) is 4.98 Å². The minimum Gasteiger partial charge on any atom is -0.464 e. The Balaban J connectivity index is 3.34. The van der Waals surface area contributed by atoms with Crippen LogP contribution in [0.15, 0.2) is 11.0 Å². The highest BCUT2D eigenvalue weighted by Crippen LogP contribution is 2.17. The molecule has 0 amide bonds. The maximum Gasteiger partial charge on any atom is 0.356 e. The van der Waals surface area contributed by atoms with Crippen molar-refractivity contribution in [3.05, 3.63) is 32.7 Å². The van der Waals surface area contributed by atoms with Crippen molar-refractivity contribution < 1.29 is 18.3 Å². The Hall–Kier alpha value is -1.43. The lowest BCUT2D eigenvalue weighted by Gasteiger charge is -2.04. The van der Waals surface area contributed by atoms with Gasteiger partial charge in [0, 0.05) is 6.20 Å². The molecule has 0 radical (unpaired) electrons. The standard InChI is InChI=1S/C8H6ClF2NO3/c1-15-8(14)5-4(9)6(13)3(2-12-5)7(10)11/h2,7H,1H3,(H,12,13). The normalized spacial score (nSPS) is 10.5. The topological polar surface area (TPSA) is 59.2 Å². The molecule has 1 rings (SSSR count). The first-order chi connectivity index (χ1) is 6.99. The number of nitrogens with one attached hydrogen (secondary N) is 1. The van der Waals surface area contributed by atoms with Crippen molar-refractivity contribution in [2.45, 2.75) is 6.43 Å². The number of hydrogen-bond acceptors (Lipinski definition) is 3. The van der Waals surface area contributed by atoms with Crippen LogP contribution < -0.4 is 5.43 Å². The van der Waals surface area contributed by atoms with E-state index in [0.717, 1.165) is 13.3 Å². The molecule has 7 heteroatoms. The van der Waals surface area contributed by atoms with Crippen molar-refractivity contribution in [1.29, 1.82) is 0 Å². The molecule has 1 aromatic rings. The number of rotatable bonds is 2. The van der Waals surface area contributed by atoms with Gasteiger partial charge in [-0.15, -0.1) is 0 Å². The Morgan fingerprint density at radius 2 is 2.20 bits per heavy atom. The number of carbonyl (C=O) groups excluding carboxylic acids is 1. The number of halogens is 3. The Kier molecular flexibility index (Phi) is 3.41. The Morgan fingerprint density at radius 1 is 1.60 bits per heavy atom. The smallest absolute Gasteiger partial charge is 0.356 e. The summed E-state index contributed by atoms with van der Waals surface area (Å²) in [5, 5.41) is -0.598. The zero-order valence-electron chi connectivity index (χ0n) is 7.51. The number of ether oxygens (including phenoxy) is 1. The molecule has 1 N–H and O–H groups in total. The van der Waals surface area contributed by atoms with Crippen LogP contribution >= 0.6 is 11.6 Å². The summed E-state index contributed by atoms with van der Waals surface area (Å²) < 4.78 is 28.7. The van der Waals surface area contributed by atoms with E-state index in [4.69, 9.17) is 11.6 Å². The number of pyridine rings is 1. The van der Waals surface area contributed by atoms with Crippen LogP contribution in [0.2, 0.25) is 5.02 Å². The fraction of sp³-hybridized carbons (Fsp3) is 0.250. The van der Waals surface area contributed by atoms with Crippen molar-refractivity contribution in [2.75, 3.05) is 7.11 Å². The Morgan fingerprint density at radius 3 is 2.67 bits per heavy atom. The second-order valence-corrected chi connectivity index (χ2v) is 2.93. The zero-order valence-corrected chi connectivity index (χ0v) is 8.27. The molecule has 1 heterocycles. The third-order valence-corrected chi connectivity index (χ3v) is 2.04. The SMILES string of the molecule is COC(=O)c1[nH]cc(C(F)F)c(=O)c1Cl. The third kappa shape index (κ3) is 2.15. The third-order valence-electron chi connectivity index (χ3n) is 1.68. The summed E-state index contributed by atoms with van der Waals surface area (Å²) >= 11 is 5.44. The highest BCUT2D eigenvalue weighted by molar-refractivity contribution is 6.33. The molecule has 1 aromatic heterocycles. The van der Waals surface area contributed by atoms with E-state index in [0.29, 0.717) is 0 Å². The van der Waals surface area contributed by atoms with E-state index in [-0.39, 0.29) is 5.69 Å². The minimum absolute atomic E-state index is 0.339. The van der Waals surface area contributed by atoms with Crippen LogP contribution in [-0.4, -0.2) is 18.1 Å². The van der Waals surface area contributed by atoms with Crippen LogP contribution in [-0.2, 0) is 4.74 Å². The lowest BCUT2D eigenvalue weighted by Crippen LogP contribution is -2.17. The van der Waals surface area contributed by atoms with E-state index in [2.05, 4.69) is 9.72 Å². The number of aromatic nitrogens is 1. The van der Waals surface area contributed by atoms with Gasteiger partial charge in [-0.2, -0.15) is 0 Å². The van der Waals surface area contributed by atoms with Crippen LogP contribution in [0.5, 0.6) is 0 Å². The molecule has 0 bridgehead atoms. The lowest BCUT2D eigenvalue weighted by molar-refractivity contribution is 0.0593. The first-order valence-corrected chi connectivity index (χ1v) is 4.14. The molecule has 0 aliphatic rings. The molecule has 15 heavy (non-hydrogen) atoms. The molecule has 0 atom stereocenters. The number of alkyl halides is 2. The second kappa shape index (κ2) is 4.39. The van der Waals surface area contributed by atoms with Gasteiger partial charge in [0.2, 0.25) is 5.43 Å². The van der Waals surface area contributed by atoms with Gasteiger partial charge in [-0.05, 0) is 0 Å². The van der Waals surface area contributed by atoms with Gasteiger partial charge in [0.25, 0.3) is 6.43 Å². The van der Waals surface area contributed by atoms with Gasteiger partial charge in [-0.25, -0.2) is 13.6 Å². The maximum absolute atomic E-state index is 12.2. The summed E-state index contributed by atoms with van der Waals surface area (Å²) in [6, 6.07) is 0. The Labute approximate surface area is 87.8 Å². The molecule has 0 fully saturated rings. The number of H-pyrrole nitrogens is 1. The van der Waals surface area contributed by atoms with Crippen LogP contribution in [0, 0.1) is 0 Å². The van der Waals surface area contributed by atoms with Crippen molar-refractivity contribution in [3.8, 4) is 0 Å². The second-order valence-electron chi connectivity index (χ2n) is 2.55. The quantitative estimate of drug-likeness (QED) is 0.798. The molecule has 0 aliphatic carbocycles. The average molecular weight is 238 g/mol. The number of methoxy groups -OCH3 is 1. The molecule has 4 nitrogen and oxygen atoms in total. The van der Waals surface area contributed by atoms with Gasteiger partial charge in [0.1, 0.15) is 10.7 Å².